The molecule has 0 aromatic heterocycles. The van der Waals surface area contributed by atoms with E-state index in [1.165, 1.54) is 6.07 Å². The van der Waals surface area contributed by atoms with Crippen molar-refractivity contribution in [3.63, 3.8) is 0 Å². The van der Waals surface area contributed by atoms with Crippen LogP contribution < -0.4 is 5.32 Å². The van der Waals surface area contributed by atoms with Gasteiger partial charge in [-0.2, -0.15) is 0 Å². The van der Waals surface area contributed by atoms with Gasteiger partial charge in [0.25, 0.3) is 0 Å². The molecule has 2 aromatic carbocycles. The number of hydrogen-bond donors (Lipinski definition) is 2. The summed E-state index contributed by atoms with van der Waals surface area (Å²) in [4.78, 5) is 14.2. The second kappa shape index (κ2) is 7.85. The molecular weight excluding hydrogens is 295 g/mol. The molecule has 0 spiro atoms. The molecule has 23 heavy (non-hydrogen) atoms. The Kier molecular flexibility index (Phi) is 5.84. The molecule has 2 rings (SSSR count). The van der Waals surface area contributed by atoms with E-state index < -0.39 is 11.9 Å². The molecule has 2 aromatic rings. The smallest absolute Gasteiger partial charge is 0.242 e. The molecule has 0 aliphatic heterocycles. The fraction of sp³-hybridized carbons (Fsp3) is 0.278. The van der Waals surface area contributed by atoms with Crippen molar-refractivity contribution in [2.75, 3.05) is 14.1 Å². The van der Waals surface area contributed by atoms with E-state index in [9.17, 15) is 9.18 Å². The average Bonchev–Trinajstić information content (AvgIpc) is 2.55. The van der Waals surface area contributed by atoms with Gasteiger partial charge in [-0.05, 0) is 31.3 Å². The summed E-state index contributed by atoms with van der Waals surface area (Å²) in [7, 11) is 3.49. The molecule has 122 valence electrons. The van der Waals surface area contributed by atoms with Gasteiger partial charge >= 0.3 is 0 Å². The fourth-order valence-electron chi connectivity index (χ4n) is 2.40. The van der Waals surface area contributed by atoms with Gasteiger partial charge < -0.3 is 10.4 Å². The number of likely N-dealkylation sites (N-methyl/N-ethyl adjacent to an activating group) is 1. The van der Waals surface area contributed by atoms with Crippen LogP contribution in [0.25, 0.3) is 0 Å². The molecule has 1 amide bonds. The summed E-state index contributed by atoms with van der Waals surface area (Å²) in [6, 6.07) is 12.9. The summed E-state index contributed by atoms with van der Waals surface area (Å²) < 4.78 is 14.0. The monoisotopic (exact) mass is 316 g/mol. The summed E-state index contributed by atoms with van der Waals surface area (Å²) in [6.07, 6.45) is 0. The first-order chi connectivity index (χ1) is 11.0. The molecule has 4 nitrogen and oxygen atoms in total. The number of carbonyl (C=O) groups excluding carboxylic acids is 1. The number of halogens is 1. The largest absolute Gasteiger partial charge is 0.392 e. The number of benzene rings is 2. The van der Waals surface area contributed by atoms with Gasteiger partial charge in [0.15, 0.2) is 0 Å². The van der Waals surface area contributed by atoms with E-state index >= 15 is 0 Å². The molecule has 5 heteroatoms. The number of rotatable bonds is 6. The topological polar surface area (TPSA) is 52.6 Å². The molecule has 0 saturated carbocycles. The summed E-state index contributed by atoms with van der Waals surface area (Å²) in [5, 5.41) is 11.9. The zero-order valence-corrected chi connectivity index (χ0v) is 13.3. The standard InChI is InChI=1S/C18H21FN2O2/c1-21(2)17(15-5-3-4-6-16(15)19)18(23)20-11-13-7-9-14(12-22)10-8-13/h3-10,17,22H,11-12H2,1-2H3,(H,20,23)/t17-/m1/s1. The first kappa shape index (κ1) is 17.1. The third-order valence-electron chi connectivity index (χ3n) is 3.64. The van der Waals surface area contributed by atoms with Gasteiger partial charge in [0.05, 0.1) is 6.61 Å². The summed E-state index contributed by atoms with van der Waals surface area (Å²) in [6.45, 7) is 0.339. The molecule has 0 aliphatic rings. The third kappa shape index (κ3) is 4.37. The SMILES string of the molecule is CN(C)[C@@H](C(=O)NCc1ccc(CO)cc1)c1ccccc1F. The highest BCUT2D eigenvalue weighted by Crippen LogP contribution is 2.21. The minimum absolute atomic E-state index is 0.0113. The van der Waals surface area contributed by atoms with Crippen molar-refractivity contribution in [2.24, 2.45) is 0 Å². The fourth-order valence-corrected chi connectivity index (χ4v) is 2.40. The Morgan fingerprint density at radius 2 is 1.74 bits per heavy atom. The molecule has 0 saturated heterocycles. The van der Waals surface area contributed by atoms with E-state index in [0.717, 1.165) is 11.1 Å². The number of hydrogen-bond acceptors (Lipinski definition) is 3. The highest BCUT2D eigenvalue weighted by atomic mass is 19.1. The molecule has 0 fully saturated rings. The van der Waals surface area contributed by atoms with Crippen LogP contribution in [0.15, 0.2) is 48.5 Å². The maximum atomic E-state index is 14.0. The second-order valence-electron chi connectivity index (χ2n) is 5.58. The Morgan fingerprint density at radius 1 is 1.13 bits per heavy atom. The lowest BCUT2D eigenvalue weighted by molar-refractivity contribution is -0.126. The molecule has 0 aliphatic carbocycles. The van der Waals surface area contributed by atoms with Crippen LogP contribution in [0, 0.1) is 5.82 Å². The van der Waals surface area contributed by atoms with Crippen molar-refractivity contribution in [2.45, 2.75) is 19.2 Å². The zero-order valence-electron chi connectivity index (χ0n) is 13.3. The Balaban J connectivity index is 2.08. The van der Waals surface area contributed by atoms with Crippen LogP contribution in [-0.4, -0.2) is 30.0 Å². The van der Waals surface area contributed by atoms with Gasteiger partial charge in [0, 0.05) is 12.1 Å². The second-order valence-corrected chi connectivity index (χ2v) is 5.58. The van der Waals surface area contributed by atoms with Crippen molar-refractivity contribution in [3.05, 3.63) is 71.0 Å². The van der Waals surface area contributed by atoms with Crippen molar-refractivity contribution < 1.29 is 14.3 Å². The van der Waals surface area contributed by atoms with Crippen LogP contribution >= 0.6 is 0 Å². The summed E-state index contributed by atoms with van der Waals surface area (Å²) in [5.41, 5.74) is 2.09. The van der Waals surface area contributed by atoms with Crippen molar-refractivity contribution in [1.29, 1.82) is 0 Å². The molecule has 0 unspecified atom stereocenters. The normalized spacial score (nSPS) is 12.2. The van der Waals surface area contributed by atoms with Gasteiger partial charge in [-0.1, -0.05) is 42.5 Å². The lowest BCUT2D eigenvalue weighted by Gasteiger charge is -2.24. The Morgan fingerprint density at radius 3 is 2.30 bits per heavy atom. The molecule has 0 heterocycles. The van der Waals surface area contributed by atoms with E-state index in [0.29, 0.717) is 12.1 Å². The number of amides is 1. The first-order valence-electron chi connectivity index (χ1n) is 7.40. The van der Waals surface area contributed by atoms with Gasteiger partial charge in [-0.25, -0.2) is 4.39 Å². The van der Waals surface area contributed by atoms with Crippen molar-refractivity contribution in [1.82, 2.24) is 10.2 Å². The predicted octanol–water partition coefficient (Wildman–Crippen LogP) is 2.24. The summed E-state index contributed by atoms with van der Waals surface area (Å²) in [5.74, 6) is -0.653. The van der Waals surface area contributed by atoms with Crippen LogP contribution in [0.2, 0.25) is 0 Å². The van der Waals surface area contributed by atoms with Crippen LogP contribution in [-0.2, 0) is 17.9 Å². The number of nitrogens with zero attached hydrogens (tertiary/aromatic N) is 1. The van der Waals surface area contributed by atoms with Crippen LogP contribution in [0.5, 0.6) is 0 Å². The highest BCUT2D eigenvalue weighted by Gasteiger charge is 2.25. The number of nitrogens with one attached hydrogen (secondary N) is 1. The molecular formula is C18H21FN2O2. The minimum atomic E-state index is -0.687. The van der Waals surface area contributed by atoms with Crippen molar-refractivity contribution in [3.8, 4) is 0 Å². The Bertz CT molecular complexity index is 656. The van der Waals surface area contributed by atoms with Gasteiger partial charge in [-0.15, -0.1) is 0 Å². The van der Waals surface area contributed by atoms with Crippen LogP contribution in [0.4, 0.5) is 4.39 Å². The van der Waals surface area contributed by atoms with Gasteiger partial charge in [-0.3, -0.25) is 9.69 Å². The number of aliphatic hydroxyl groups is 1. The van der Waals surface area contributed by atoms with E-state index in [1.54, 1.807) is 37.2 Å². The highest BCUT2D eigenvalue weighted by molar-refractivity contribution is 5.83. The van der Waals surface area contributed by atoms with Crippen LogP contribution in [0.3, 0.4) is 0 Å². The molecule has 1 atom stereocenters. The molecule has 2 N–H and O–H groups in total. The quantitative estimate of drug-likeness (QED) is 0.859. The predicted molar refractivity (Wildman–Crippen MR) is 87.0 cm³/mol. The van der Waals surface area contributed by atoms with E-state index in [-0.39, 0.29) is 12.5 Å². The summed E-state index contributed by atoms with van der Waals surface area (Å²) >= 11 is 0. The first-order valence-corrected chi connectivity index (χ1v) is 7.40. The maximum absolute atomic E-state index is 14.0. The van der Waals surface area contributed by atoms with Gasteiger partial charge in [0.1, 0.15) is 11.9 Å². The number of aliphatic hydroxyl groups excluding tert-OH is 1. The van der Waals surface area contributed by atoms with E-state index in [1.807, 2.05) is 24.3 Å². The Labute approximate surface area is 135 Å². The lowest BCUT2D eigenvalue weighted by Crippen LogP contribution is -2.37. The lowest BCUT2D eigenvalue weighted by atomic mass is 10.0. The van der Waals surface area contributed by atoms with Gasteiger partial charge in [0.2, 0.25) is 5.91 Å². The minimum Gasteiger partial charge on any atom is -0.392 e. The number of carbonyl (C=O) groups is 1. The van der Waals surface area contributed by atoms with E-state index in [2.05, 4.69) is 5.32 Å². The van der Waals surface area contributed by atoms with Crippen LogP contribution in [0.1, 0.15) is 22.7 Å². The zero-order chi connectivity index (χ0) is 16.8. The maximum Gasteiger partial charge on any atom is 0.242 e. The molecule has 0 radical (unpaired) electrons. The average molecular weight is 316 g/mol. The molecule has 0 bridgehead atoms. The third-order valence-corrected chi connectivity index (χ3v) is 3.64. The Hall–Kier alpha value is -2.24. The van der Waals surface area contributed by atoms with E-state index in [4.69, 9.17) is 5.11 Å². The van der Waals surface area contributed by atoms with Crippen molar-refractivity contribution >= 4 is 5.91 Å².